The summed E-state index contributed by atoms with van der Waals surface area (Å²) >= 11 is 0. The minimum atomic E-state index is 0.239. The molecule has 108 valence electrons. The largest absolute Gasteiger partial charge is 0.352 e. The van der Waals surface area contributed by atoms with Gasteiger partial charge in [0.1, 0.15) is 23.3 Å². The summed E-state index contributed by atoms with van der Waals surface area (Å²) in [5, 5.41) is 0. The van der Waals surface area contributed by atoms with Crippen molar-refractivity contribution in [3.63, 3.8) is 0 Å². The summed E-state index contributed by atoms with van der Waals surface area (Å²) in [6.07, 6.45) is 3.71. The molecule has 0 amide bonds. The van der Waals surface area contributed by atoms with Gasteiger partial charge in [-0.2, -0.15) is 0 Å². The van der Waals surface area contributed by atoms with Crippen LogP contribution in [-0.2, 0) is 13.6 Å². The van der Waals surface area contributed by atoms with Gasteiger partial charge in [-0.25, -0.2) is 20.8 Å². The standard InChI is InChI=1S/C13H21N7/c1-9(2)13-16-10(18-14)7-11(17-13)20(4)8-12-15-5-6-19(12)3/h5-7,9H,8,14H2,1-4H3,(H,16,17,18). The predicted octanol–water partition coefficient (Wildman–Crippen LogP) is 1.26. The van der Waals surface area contributed by atoms with Gasteiger partial charge in [0.25, 0.3) is 0 Å². The van der Waals surface area contributed by atoms with E-state index < -0.39 is 0 Å². The number of imidazole rings is 1. The van der Waals surface area contributed by atoms with Gasteiger partial charge >= 0.3 is 0 Å². The van der Waals surface area contributed by atoms with Crippen LogP contribution < -0.4 is 16.2 Å². The molecular weight excluding hydrogens is 254 g/mol. The Morgan fingerprint density at radius 2 is 2.15 bits per heavy atom. The Balaban J connectivity index is 2.26. The van der Waals surface area contributed by atoms with Crippen LogP contribution in [0.15, 0.2) is 18.5 Å². The summed E-state index contributed by atoms with van der Waals surface area (Å²) < 4.78 is 1.99. The fourth-order valence-corrected chi connectivity index (χ4v) is 1.82. The third-order valence-corrected chi connectivity index (χ3v) is 3.08. The van der Waals surface area contributed by atoms with Crippen LogP contribution >= 0.6 is 0 Å². The third kappa shape index (κ3) is 3.05. The predicted molar refractivity (Wildman–Crippen MR) is 79.2 cm³/mol. The first kappa shape index (κ1) is 14.3. The maximum atomic E-state index is 5.47. The van der Waals surface area contributed by atoms with Gasteiger partial charge in [0.2, 0.25) is 0 Å². The van der Waals surface area contributed by atoms with E-state index in [0.717, 1.165) is 17.5 Å². The number of nitrogen functional groups attached to an aromatic ring is 1. The highest BCUT2D eigenvalue weighted by Gasteiger charge is 2.12. The quantitative estimate of drug-likeness (QED) is 0.631. The van der Waals surface area contributed by atoms with Crippen LogP contribution in [0, 0.1) is 0 Å². The van der Waals surface area contributed by atoms with E-state index in [2.05, 4.69) is 34.2 Å². The van der Waals surface area contributed by atoms with E-state index in [1.54, 1.807) is 6.20 Å². The minimum absolute atomic E-state index is 0.239. The van der Waals surface area contributed by atoms with Gasteiger partial charge in [0, 0.05) is 38.5 Å². The average molecular weight is 275 g/mol. The fraction of sp³-hybridized carbons (Fsp3) is 0.462. The summed E-state index contributed by atoms with van der Waals surface area (Å²) in [6, 6.07) is 1.83. The first-order valence-electron chi connectivity index (χ1n) is 6.54. The smallest absolute Gasteiger partial charge is 0.145 e. The van der Waals surface area contributed by atoms with Crippen LogP contribution in [0.2, 0.25) is 0 Å². The second-order valence-electron chi connectivity index (χ2n) is 5.08. The summed E-state index contributed by atoms with van der Waals surface area (Å²) in [7, 11) is 3.95. The van der Waals surface area contributed by atoms with E-state index in [4.69, 9.17) is 5.84 Å². The second kappa shape index (κ2) is 5.87. The van der Waals surface area contributed by atoms with Gasteiger partial charge in [-0.05, 0) is 0 Å². The number of nitrogens with two attached hydrogens (primary N) is 1. The zero-order valence-electron chi connectivity index (χ0n) is 12.3. The van der Waals surface area contributed by atoms with Crippen molar-refractivity contribution in [2.24, 2.45) is 12.9 Å². The number of hydrazine groups is 1. The first-order chi connectivity index (χ1) is 9.51. The molecule has 20 heavy (non-hydrogen) atoms. The molecule has 2 heterocycles. The highest BCUT2D eigenvalue weighted by molar-refractivity contribution is 5.48. The van der Waals surface area contributed by atoms with Gasteiger partial charge in [0.05, 0.1) is 6.54 Å². The molecular formula is C13H21N7. The van der Waals surface area contributed by atoms with Crippen molar-refractivity contribution in [3.05, 3.63) is 30.1 Å². The van der Waals surface area contributed by atoms with E-state index in [1.165, 1.54) is 0 Å². The maximum absolute atomic E-state index is 5.47. The molecule has 2 aromatic rings. The molecule has 0 aromatic carbocycles. The lowest BCUT2D eigenvalue weighted by Crippen LogP contribution is -2.22. The van der Waals surface area contributed by atoms with E-state index in [-0.39, 0.29) is 5.92 Å². The summed E-state index contributed by atoms with van der Waals surface area (Å²) in [5.74, 6) is 8.89. The van der Waals surface area contributed by atoms with Crippen LogP contribution in [0.1, 0.15) is 31.4 Å². The summed E-state index contributed by atoms with van der Waals surface area (Å²) in [5.41, 5.74) is 2.59. The fourth-order valence-electron chi connectivity index (χ4n) is 1.82. The number of nitrogens with zero attached hydrogens (tertiary/aromatic N) is 5. The van der Waals surface area contributed by atoms with Gasteiger partial charge in [-0.3, -0.25) is 0 Å². The molecule has 0 aliphatic carbocycles. The zero-order valence-corrected chi connectivity index (χ0v) is 12.3. The SMILES string of the molecule is CC(C)c1nc(NN)cc(N(C)Cc2nccn2C)n1. The lowest BCUT2D eigenvalue weighted by atomic mass is 10.2. The molecule has 0 saturated carbocycles. The highest BCUT2D eigenvalue weighted by Crippen LogP contribution is 2.19. The highest BCUT2D eigenvalue weighted by atomic mass is 15.3. The summed E-state index contributed by atoms with van der Waals surface area (Å²) in [6.45, 7) is 4.78. The van der Waals surface area contributed by atoms with Crippen molar-refractivity contribution in [1.29, 1.82) is 0 Å². The van der Waals surface area contributed by atoms with Crippen molar-refractivity contribution in [1.82, 2.24) is 19.5 Å². The van der Waals surface area contributed by atoms with Crippen molar-refractivity contribution in [2.75, 3.05) is 17.4 Å². The average Bonchev–Trinajstić information content (AvgIpc) is 2.83. The van der Waals surface area contributed by atoms with E-state index in [9.17, 15) is 0 Å². The Morgan fingerprint density at radius 1 is 1.40 bits per heavy atom. The molecule has 3 N–H and O–H groups in total. The normalized spacial score (nSPS) is 10.9. The van der Waals surface area contributed by atoms with Crippen molar-refractivity contribution < 1.29 is 0 Å². The Labute approximate surface area is 118 Å². The monoisotopic (exact) mass is 275 g/mol. The molecule has 0 spiro atoms. The second-order valence-corrected chi connectivity index (χ2v) is 5.08. The Kier molecular flexibility index (Phi) is 4.19. The molecule has 0 unspecified atom stereocenters. The molecule has 7 nitrogen and oxygen atoms in total. The first-order valence-corrected chi connectivity index (χ1v) is 6.54. The number of anilines is 2. The number of aromatic nitrogens is 4. The molecule has 0 radical (unpaired) electrons. The van der Waals surface area contributed by atoms with Gasteiger partial charge in [0.15, 0.2) is 0 Å². The van der Waals surface area contributed by atoms with Crippen molar-refractivity contribution in [3.8, 4) is 0 Å². The number of hydrogen-bond acceptors (Lipinski definition) is 6. The van der Waals surface area contributed by atoms with Crippen LogP contribution in [0.4, 0.5) is 11.6 Å². The van der Waals surface area contributed by atoms with Gasteiger partial charge in [-0.1, -0.05) is 13.8 Å². The van der Waals surface area contributed by atoms with Gasteiger partial charge < -0.3 is 14.9 Å². The maximum Gasteiger partial charge on any atom is 0.145 e. The van der Waals surface area contributed by atoms with Gasteiger partial charge in [-0.15, -0.1) is 0 Å². The minimum Gasteiger partial charge on any atom is -0.352 e. The van der Waals surface area contributed by atoms with Crippen LogP contribution in [0.3, 0.4) is 0 Å². The molecule has 2 rings (SSSR count). The molecule has 0 bridgehead atoms. The van der Waals surface area contributed by atoms with Crippen LogP contribution in [-0.4, -0.2) is 26.6 Å². The van der Waals surface area contributed by atoms with Crippen LogP contribution in [0.5, 0.6) is 0 Å². The van der Waals surface area contributed by atoms with Crippen molar-refractivity contribution in [2.45, 2.75) is 26.3 Å². The number of rotatable bonds is 5. The summed E-state index contributed by atoms with van der Waals surface area (Å²) in [4.78, 5) is 15.3. The lowest BCUT2D eigenvalue weighted by Gasteiger charge is -2.19. The Bertz CT molecular complexity index is 576. The Hall–Kier alpha value is -2.15. The molecule has 2 aromatic heterocycles. The molecule has 0 atom stereocenters. The molecule has 0 fully saturated rings. The number of nitrogens with one attached hydrogen (secondary N) is 1. The van der Waals surface area contributed by atoms with Crippen LogP contribution in [0.25, 0.3) is 0 Å². The third-order valence-electron chi connectivity index (χ3n) is 3.08. The van der Waals surface area contributed by atoms with E-state index >= 15 is 0 Å². The molecule has 0 saturated heterocycles. The topological polar surface area (TPSA) is 84.9 Å². The number of aryl methyl sites for hydroxylation is 1. The lowest BCUT2D eigenvalue weighted by molar-refractivity contribution is 0.735. The molecule has 0 aliphatic heterocycles. The molecule has 7 heteroatoms. The molecule has 0 aliphatic rings. The number of hydrogen-bond donors (Lipinski definition) is 2. The Morgan fingerprint density at radius 3 is 2.70 bits per heavy atom. The zero-order chi connectivity index (χ0) is 14.7. The van der Waals surface area contributed by atoms with Crippen molar-refractivity contribution >= 4 is 11.6 Å². The van der Waals surface area contributed by atoms with E-state index in [1.807, 2.05) is 35.8 Å². The van der Waals surface area contributed by atoms with E-state index in [0.29, 0.717) is 12.4 Å².